The predicted octanol–water partition coefficient (Wildman–Crippen LogP) is 1.56. The quantitative estimate of drug-likeness (QED) is 0.538. The van der Waals surface area contributed by atoms with Crippen molar-refractivity contribution in [3.8, 4) is 5.75 Å². The van der Waals surface area contributed by atoms with Gasteiger partial charge in [0.15, 0.2) is 0 Å². The number of hydrogen-bond donors (Lipinski definition) is 4. The number of aliphatic carboxylic acids is 1. The molecule has 1 aromatic rings. The number of carboxylic acid groups (broad SMARTS) is 1. The molecular formula is C17H31N3O3. The fraction of sp³-hybridized carbons (Fsp3) is 0.588. The maximum atomic E-state index is 10.1. The Morgan fingerprint density at radius 1 is 1.22 bits per heavy atom. The van der Waals surface area contributed by atoms with Gasteiger partial charge in [-0.3, -0.25) is 4.79 Å². The lowest BCUT2D eigenvalue weighted by Crippen LogP contribution is -2.29. The summed E-state index contributed by atoms with van der Waals surface area (Å²) >= 11 is 0. The van der Waals surface area contributed by atoms with Crippen LogP contribution in [0.2, 0.25) is 0 Å². The van der Waals surface area contributed by atoms with Crippen LogP contribution in [-0.4, -0.2) is 36.3 Å². The monoisotopic (exact) mass is 325 g/mol. The van der Waals surface area contributed by atoms with Crippen LogP contribution in [0.15, 0.2) is 18.2 Å². The lowest BCUT2D eigenvalue weighted by molar-refractivity contribution is -0.138. The number of carboxylic acids is 1. The van der Waals surface area contributed by atoms with Gasteiger partial charge in [-0.25, -0.2) is 0 Å². The first-order chi connectivity index (χ1) is 10.8. The number of hydrogen-bond acceptors (Lipinski definition) is 5. The molecule has 7 N–H and O–H groups in total. The highest BCUT2D eigenvalue weighted by molar-refractivity contribution is 5.72. The van der Waals surface area contributed by atoms with E-state index >= 15 is 0 Å². The van der Waals surface area contributed by atoms with Gasteiger partial charge in [-0.1, -0.05) is 24.6 Å². The first kappa shape index (κ1) is 21.4. The maximum Gasteiger partial charge on any atom is 0.320 e. The van der Waals surface area contributed by atoms with Gasteiger partial charge in [0.1, 0.15) is 18.4 Å². The Balaban J connectivity index is 0.000000438. The maximum absolute atomic E-state index is 10.1. The summed E-state index contributed by atoms with van der Waals surface area (Å²) in [5.74, 6) is 0.0387. The highest BCUT2D eigenvalue weighted by Crippen LogP contribution is 2.22. The van der Waals surface area contributed by atoms with Gasteiger partial charge in [-0.05, 0) is 51.3 Å². The Kier molecular flexibility index (Phi) is 11.0. The second-order valence-electron chi connectivity index (χ2n) is 5.74. The molecule has 0 bridgehead atoms. The Bertz CT molecular complexity index is 444. The van der Waals surface area contributed by atoms with Crippen LogP contribution in [0.3, 0.4) is 0 Å². The molecule has 0 saturated heterocycles. The van der Waals surface area contributed by atoms with Crippen LogP contribution in [0, 0.1) is 13.8 Å². The summed E-state index contributed by atoms with van der Waals surface area (Å²) in [5.41, 5.74) is 18.4. The van der Waals surface area contributed by atoms with E-state index in [9.17, 15) is 4.79 Å². The highest BCUT2D eigenvalue weighted by atomic mass is 16.5. The molecule has 0 aliphatic heterocycles. The van der Waals surface area contributed by atoms with Crippen molar-refractivity contribution < 1.29 is 14.6 Å². The number of carbonyl (C=O) groups is 1. The van der Waals surface area contributed by atoms with Crippen molar-refractivity contribution in [3.05, 3.63) is 29.3 Å². The lowest BCUT2D eigenvalue weighted by atomic mass is 10.1. The summed E-state index contributed by atoms with van der Waals surface area (Å²) < 4.78 is 5.60. The van der Waals surface area contributed by atoms with Gasteiger partial charge < -0.3 is 27.0 Å². The molecule has 0 saturated carbocycles. The fourth-order valence-electron chi connectivity index (χ4n) is 1.87. The first-order valence-corrected chi connectivity index (χ1v) is 7.92. The molecule has 0 fully saturated rings. The van der Waals surface area contributed by atoms with Gasteiger partial charge in [0.05, 0.1) is 0 Å². The van der Waals surface area contributed by atoms with Crippen molar-refractivity contribution in [1.29, 1.82) is 0 Å². The highest BCUT2D eigenvalue weighted by Gasteiger charge is 2.09. The Morgan fingerprint density at radius 2 is 1.78 bits per heavy atom. The number of nitrogens with two attached hydrogens (primary N) is 3. The number of rotatable bonds is 8. The Labute approximate surface area is 139 Å². The largest absolute Gasteiger partial charge is 0.491 e. The van der Waals surface area contributed by atoms with Crippen molar-refractivity contribution >= 4 is 5.97 Å². The molecule has 23 heavy (non-hydrogen) atoms. The van der Waals surface area contributed by atoms with E-state index in [1.807, 2.05) is 39.0 Å². The molecule has 0 spiro atoms. The fourth-order valence-corrected chi connectivity index (χ4v) is 1.87. The zero-order valence-corrected chi connectivity index (χ0v) is 14.4. The van der Waals surface area contributed by atoms with Crippen molar-refractivity contribution in [2.75, 3.05) is 13.2 Å². The third-order valence-corrected chi connectivity index (χ3v) is 3.19. The first-order valence-electron chi connectivity index (χ1n) is 7.92. The number of aryl methyl sites for hydroxylation is 2. The minimum atomic E-state index is -0.933. The lowest BCUT2D eigenvalue weighted by Gasteiger charge is -2.13. The van der Waals surface area contributed by atoms with Gasteiger partial charge in [-0.15, -0.1) is 0 Å². The second kappa shape index (κ2) is 11.9. The molecule has 132 valence electrons. The number of unbranched alkanes of at least 4 members (excludes halogenated alkanes) is 1. The van der Waals surface area contributed by atoms with E-state index in [1.54, 1.807) is 0 Å². The van der Waals surface area contributed by atoms with Crippen LogP contribution >= 0.6 is 0 Å². The molecule has 1 rings (SSSR count). The molecule has 0 aromatic heterocycles. The van der Waals surface area contributed by atoms with Gasteiger partial charge >= 0.3 is 5.97 Å². The number of benzene rings is 1. The smallest absolute Gasteiger partial charge is 0.320 e. The van der Waals surface area contributed by atoms with E-state index in [2.05, 4.69) is 0 Å². The van der Waals surface area contributed by atoms with Crippen LogP contribution < -0.4 is 21.9 Å². The van der Waals surface area contributed by atoms with Crippen molar-refractivity contribution in [3.63, 3.8) is 0 Å². The third-order valence-electron chi connectivity index (χ3n) is 3.19. The average molecular weight is 325 g/mol. The van der Waals surface area contributed by atoms with E-state index in [0.717, 1.165) is 18.6 Å². The van der Waals surface area contributed by atoms with Gasteiger partial charge in [-0.2, -0.15) is 0 Å². The topological polar surface area (TPSA) is 125 Å². The summed E-state index contributed by atoms with van der Waals surface area (Å²) in [6.07, 6.45) is 2.16. The molecule has 0 radical (unpaired) electrons. The van der Waals surface area contributed by atoms with E-state index in [4.69, 9.17) is 27.0 Å². The molecule has 6 heteroatoms. The van der Waals surface area contributed by atoms with Crippen LogP contribution in [0.4, 0.5) is 0 Å². The minimum Gasteiger partial charge on any atom is -0.491 e. The number of para-hydroxylation sites is 1. The molecule has 6 nitrogen and oxygen atoms in total. The van der Waals surface area contributed by atoms with Crippen LogP contribution in [0.1, 0.15) is 37.3 Å². The summed E-state index contributed by atoms with van der Waals surface area (Å²) in [4.78, 5) is 10.1. The van der Waals surface area contributed by atoms with Gasteiger partial charge in [0, 0.05) is 6.04 Å². The molecule has 1 aromatic carbocycles. The van der Waals surface area contributed by atoms with Gasteiger partial charge in [0.25, 0.3) is 0 Å². The molecule has 2 unspecified atom stereocenters. The van der Waals surface area contributed by atoms with Crippen LogP contribution in [0.5, 0.6) is 5.75 Å². The van der Waals surface area contributed by atoms with Gasteiger partial charge in [0.2, 0.25) is 0 Å². The number of ether oxygens (including phenoxy) is 1. The van der Waals surface area contributed by atoms with Crippen molar-refractivity contribution in [2.24, 2.45) is 17.2 Å². The predicted molar refractivity (Wildman–Crippen MR) is 93.6 cm³/mol. The van der Waals surface area contributed by atoms with Crippen molar-refractivity contribution in [2.45, 2.75) is 52.1 Å². The molecule has 0 aliphatic carbocycles. The van der Waals surface area contributed by atoms with E-state index < -0.39 is 12.0 Å². The average Bonchev–Trinajstić information content (AvgIpc) is 2.47. The molecular weight excluding hydrogens is 294 g/mol. The van der Waals surface area contributed by atoms with Crippen LogP contribution in [-0.2, 0) is 4.79 Å². The molecule has 2 atom stereocenters. The Morgan fingerprint density at radius 3 is 2.22 bits per heavy atom. The van der Waals surface area contributed by atoms with E-state index in [0.29, 0.717) is 19.6 Å². The summed E-state index contributed by atoms with van der Waals surface area (Å²) in [7, 11) is 0. The van der Waals surface area contributed by atoms with E-state index in [-0.39, 0.29) is 6.04 Å². The zero-order chi connectivity index (χ0) is 17.8. The SMILES string of the molecule is Cc1cccc(C)c1OCC(C)N.NCCCCC(N)C(=O)O. The molecule has 0 amide bonds. The van der Waals surface area contributed by atoms with E-state index in [1.165, 1.54) is 11.1 Å². The summed E-state index contributed by atoms with van der Waals surface area (Å²) in [6, 6.07) is 5.49. The second-order valence-corrected chi connectivity index (χ2v) is 5.74. The normalized spacial score (nSPS) is 12.8. The van der Waals surface area contributed by atoms with Crippen molar-refractivity contribution in [1.82, 2.24) is 0 Å². The van der Waals surface area contributed by atoms with Crippen LogP contribution in [0.25, 0.3) is 0 Å². The zero-order valence-electron chi connectivity index (χ0n) is 14.4. The Hall–Kier alpha value is -1.63. The summed E-state index contributed by atoms with van der Waals surface area (Å²) in [5, 5.41) is 8.33. The molecule has 0 heterocycles. The standard InChI is InChI=1S/C11H17NO.C6H14N2O2/c1-8-5-4-6-9(2)11(8)13-7-10(3)12;7-4-2-1-3-5(8)6(9)10/h4-6,10H,7,12H2,1-3H3;5H,1-4,7-8H2,(H,9,10). The minimum absolute atomic E-state index is 0.0824. The summed E-state index contributed by atoms with van der Waals surface area (Å²) in [6.45, 7) is 7.21. The third kappa shape index (κ3) is 9.89. The molecule has 0 aliphatic rings.